The summed E-state index contributed by atoms with van der Waals surface area (Å²) in [5, 5.41) is 9.05. The van der Waals surface area contributed by atoms with E-state index in [1.807, 2.05) is 28.8 Å². The highest BCUT2D eigenvalue weighted by Gasteiger charge is 2.15. The lowest BCUT2D eigenvalue weighted by Crippen LogP contribution is -1.94. The number of nitrogens with zero attached hydrogens (tertiary/aromatic N) is 3. The van der Waals surface area contributed by atoms with E-state index in [9.17, 15) is 4.39 Å². The average molecular weight is 384 g/mol. The lowest BCUT2D eigenvalue weighted by Gasteiger charge is -2.09. The van der Waals surface area contributed by atoms with Crippen LogP contribution in [0, 0.1) is 5.82 Å². The van der Waals surface area contributed by atoms with Crippen LogP contribution in [0.1, 0.15) is 0 Å². The van der Waals surface area contributed by atoms with Gasteiger partial charge in [0.15, 0.2) is 23.0 Å². The molecule has 0 saturated carbocycles. The maximum atomic E-state index is 14.1. The summed E-state index contributed by atoms with van der Waals surface area (Å²) in [6.45, 7) is 0. The number of fused-ring (bicyclic) bond motifs is 1. The molecule has 2 heterocycles. The first-order chi connectivity index (χ1) is 13.1. The molecule has 5 nitrogen and oxygen atoms in total. The molecule has 0 fully saturated rings. The Morgan fingerprint density at radius 1 is 0.889 bits per heavy atom. The summed E-state index contributed by atoms with van der Waals surface area (Å²) >= 11 is 6.05. The molecule has 0 radical (unpaired) electrons. The zero-order chi connectivity index (χ0) is 19.0. The number of halogens is 2. The third-order valence-electron chi connectivity index (χ3n) is 4.29. The van der Waals surface area contributed by atoms with E-state index in [1.165, 1.54) is 13.2 Å². The van der Waals surface area contributed by atoms with E-state index in [2.05, 4.69) is 10.2 Å². The van der Waals surface area contributed by atoms with Crippen LogP contribution < -0.4 is 9.47 Å². The van der Waals surface area contributed by atoms with Crippen molar-refractivity contribution in [3.8, 4) is 34.0 Å². The van der Waals surface area contributed by atoms with Crippen molar-refractivity contribution in [2.45, 2.75) is 0 Å². The molecule has 0 unspecified atom stereocenters. The number of rotatable bonds is 4. The predicted molar refractivity (Wildman–Crippen MR) is 102 cm³/mol. The van der Waals surface area contributed by atoms with Crippen molar-refractivity contribution in [2.24, 2.45) is 0 Å². The first-order valence-corrected chi connectivity index (χ1v) is 8.51. The molecular formula is C20H15ClFN3O2. The fourth-order valence-corrected chi connectivity index (χ4v) is 3.10. The fraction of sp³-hybridized carbons (Fsp3) is 0.100. The van der Waals surface area contributed by atoms with Gasteiger partial charge < -0.3 is 9.47 Å². The largest absolute Gasteiger partial charge is 0.496 e. The Hall–Kier alpha value is -3.12. The molecule has 4 aromatic rings. The van der Waals surface area contributed by atoms with Gasteiger partial charge in [-0.05, 0) is 53.6 Å². The SMILES string of the molecule is COc1ccc(-c2ccc3nnc(-c4ccc(Cl)cc4OC)n3c2)cc1F. The minimum atomic E-state index is -0.418. The second-order valence-electron chi connectivity index (χ2n) is 5.86. The molecule has 0 aliphatic heterocycles. The van der Waals surface area contributed by atoms with Gasteiger partial charge in [0.25, 0.3) is 0 Å². The maximum Gasteiger partial charge on any atom is 0.172 e. The van der Waals surface area contributed by atoms with Gasteiger partial charge in [0.2, 0.25) is 0 Å². The standard InChI is InChI=1S/C20H15ClFN3O2/c1-26-17-7-3-12(9-16(17)22)13-4-8-19-23-24-20(25(19)11-13)15-6-5-14(21)10-18(15)27-2/h3-11H,1-2H3. The first kappa shape index (κ1) is 17.3. The van der Waals surface area contributed by atoms with Gasteiger partial charge in [-0.2, -0.15) is 0 Å². The van der Waals surface area contributed by atoms with Crippen LogP contribution in [0.5, 0.6) is 11.5 Å². The summed E-state index contributed by atoms with van der Waals surface area (Å²) in [6.07, 6.45) is 1.86. The molecule has 27 heavy (non-hydrogen) atoms. The topological polar surface area (TPSA) is 48.7 Å². The molecule has 136 valence electrons. The second kappa shape index (κ2) is 6.89. The van der Waals surface area contributed by atoms with Crippen molar-refractivity contribution < 1.29 is 13.9 Å². The van der Waals surface area contributed by atoms with Crippen molar-refractivity contribution in [1.82, 2.24) is 14.6 Å². The molecule has 2 aromatic carbocycles. The third-order valence-corrected chi connectivity index (χ3v) is 4.53. The van der Waals surface area contributed by atoms with E-state index in [4.69, 9.17) is 21.1 Å². The summed E-state index contributed by atoms with van der Waals surface area (Å²) in [7, 11) is 3.01. The van der Waals surface area contributed by atoms with E-state index in [0.717, 1.165) is 16.7 Å². The molecule has 4 rings (SSSR count). The Morgan fingerprint density at radius 3 is 2.41 bits per heavy atom. The highest BCUT2D eigenvalue weighted by Crippen LogP contribution is 2.32. The summed E-state index contributed by atoms with van der Waals surface area (Å²) in [5.41, 5.74) is 2.96. The fourth-order valence-electron chi connectivity index (χ4n) is 2.94. The summed E-state index contributed by atoms with van der Waals surface area (Å²) in [4.78, 5) is 0. The third kappa shape index (κ3) is 3.08. The zero-order valence-corrected chi connectivity index (χ0v) is 15.4. The first-order valence-electron chi connectivity index (χ1n) is 8.13. The van der Waals surface area contributed by atoms with Gasteiger partial charge in [-0.25, -0.2) is 4.39 Å². The Labute approximate surface area is 159 Å². The molecule has 0 bridgehead atoms. The van der Waals surface area contributed by atoms with Crippen LogP contribution in [-0.2, 0) is 0 Å². The van der Waals surface area contributed by atoms with Crippen molar-refractivity contribution in [3.05, 3.63) is 65.6 Å². The summed E-state index contributed by atoms with van der Waals surface area (Å²) < 4.78 is 26.3. The highest BCUT2D eigenvalue weighted by molar-refractivity contribution is 6.30. The number of pyridine rings is 1. The summed E-state index contributed by atoms with van der Waals surface area (Å²) in [5.74, 6) is 0.987. The minimum absolute atomic E-state index is 0.204. The monoisotopic (exact) mass is 383 g/mol. The highest BCUT2D eigenvalue weighted by atomic mass is 35.5. The molecule has 0 amide bonds. The number of methoxy groups -OCH3 is 2. The Balaban J connectivity index is 1.86. The van der Waals surface area contributed by atoms with Gasteiger partial charge in [0.1, 0.15) is 5.75 Å². The lowest BCUT2D eigenvalue weighted by atomic mass is 10.1. The smallest absolute Gasteiger partial charge is 0.172 e. The second-order valence-corrected chi connectivity index (χ2v) is 6.30. The molecule has 0 N–H and O–H groups in total. The maximum absolute atomic E-state index is 14.1. The van der Waals surface area contributed by atoms with Gasteiger partial charge in [-0.15, -0.1) is 10.2 Å². The van der Waals surface area contributed by atoms with Crippen molar-refractivity contribution in [1.29, 1.82) is 0 Å². The van der Waals surface area contributed by atoms with Crippen LogP contribution in [0.4, 0.5) is 4.39 Å². The van der Waals surface area contributed by atoms with Crippen LogP contribution >= 0.6 is 11.6 Å². The number of aromatic nitrogens is 3. The van der Waals surface area contributed by atoms with Crippen molar-refractivity contribution >= 4 is 17.2 Å². The average Bonchev–Trinajstić information content (AvgIpc) is 3.10. The van der Waals surface area contributed by atoms with Crippen LogP contribution in [0.15, 0.2) is 54.7 Å². The van der Waals surface area contributed by atoms with Gasteiger partial charge >= 0.3 is 0 Å². The van der Waals surface area contributed by atoms with Crippen LogP contribution in [-0.4, -0.2) is 28.8 Å². The van der Waals surface area contributed by atoms with Crippen LogP contribution in [0.25, 0.3) is 28.2 Å². The van der Waals surface area contributed by atoms with Gasteiger partial charge in [-0.3, -0.25) is 4.40 Å². The molecule has 2 aromatic heterocycles. The minimum Gasteiger partial charge on any atom is -0.496 e. The molecule has 0 spiro atoms. The van der Waals surface area contributed by atoms with Gasteiger partial charge in [0.05, 0.1) is 19.8 Å². The van der Waals surface area contributed by atoms with E-state index in [0.29, 0.717) is 22.2 Å². The number of ether oxygens (including phenoxy) is 2. The zero-order valence-electron chi connectivity index (χ0n) is 14.6. The lowest BCUT2D eigenvalue weighted by molar-refractivity contribution is 0.386. The van der Waals surface area contributed by atoms with Crippen LogP contribution in [0.3, 0.4) is 0 Å². The number of benzene rings is 2. The van der Waals surface area contributed by atoms with E-state index >= 15 is 0 Å². The number of hydrogen-bond acceptors (Lipinski definition) is 4. The number of hydrogen-bond donors (Lipinski definition) is 0. The van der Waals surface area contributed by atoms with E-state index in [-0.39, 0.29) is 5.75 Å². The summed E-state index contributed by atoms with van der Waals surface area (Å²) in [6, 6.07) is 13.9. The molecule has 0 atom stereocenters. The van der Waals surface area contributed by atoms with Crippen molar-refractivity contribution in [3.63, 3.8) is 0 Å². The molecular weight excluding hydrogens is 369 g/mol. The van der Waals surface area contributed by atoms with E-state index in [1.54, 1.807) is 31.4 Å². The molecule has 0 aliphatic carbocycles. The Bertz CT molecular complexity index is 1140. The molecule has 0 aliphatic rings. The Kier molecular flexibility index (Phi) is 4.41. The molecule has 0 saturated heterocycles. The normalized spacial score (nSPS) is 11.0. The van der Waals surface area contributed by atoms with Crippen LogP contribution in [0.2, 0.25) is 5.02 Å². The quantitative estimate of drug-likeness (QED) is 0.504. The van der Waals surface area contributed by atoms with E-state index < -0.39 is 5.82 Å². The Morgan fingerprint density at radius 2 is 1.67 bits per heavy atom. The molecule has 7 heteroatoms. The van der Waals surface area contributed by atoms with Crippen molar-refractivity contribution in [2.75, 3.05) is 14.2 Å². The predicted octanol–water partition coefficient (Wildman–Crippen LogP) is 4.87. The van der Waals surface area contributed by atoms with Gasteiger partial charge in [0, 0.05) is 11.2 Å². The van der Waals surface area contributed by atoms with Gasteiger partial charge in [-0.1, -0.05) is 17.7 Å².